The molecular formula is C128H98B2N6. The van der Waals surface area contributed by atoms with Gasteiger partial charge in [0.05, 0.1) is 34.1 Å². The summed E-state index contributed by atoms with van der Waals surface area (Å²) in [7, 11) is 0. The molecule has 0 aliphatic carbocycles. The van der Waals surface area contributed by atoms with E-state index in [1.165, 1.54) is 43.9 Å². The van der Waals surface area contributed by atoms with E-state index in [2.05, 4.69) is 556 Å². The predicted molar refractivity (Wildman–Crippen MR) is 579 cm³/mol. The number of nitrogens with zero attached hydrogens (tertiary/aromatic N) is 6. The molecule has 0 saturated carbocycles. The van der Waals surface area contributed by atoms with Crippen LogP contribution in [0.5, 0.6) is 0 Å². The minimum absolute atomic E-state index is 0.112. The minimum atomic E-state index is -0.398. The van der Waals surface area contributed by atoms with Crippen molar-refractivity contribution in [2.75, 3.05) is 29.4 Å². The molecule has 0 fully saturated rings. The van der Waals surface area contributed by atoms with Crippen LogP contribution < -0.4 is 62.2 Å². The van der Waals surface area contributed by atoms with Gasteiger partial charge in [0.1, 0.15) is 0 Å². The van der Waals surface area contributed by atoms with Crippen LogP contribution in [0, 0.1) is 0 Å². The van der Waals surface area contributed by atoms with Gasteiger partial charge in [-0.1, -0.05) is 430 Å². The summed E-state index contributed by atoms with van der Waals surface area (Å²) >= 11 is 0. The van der Waals surface area contributed by atoms with Crippen molar-refractivity contribution in [1.82, 2.24) is 0 Å². The summed E-state index contributed by atoms with van der Waals surface area (Å²) in [5.41, 5.74) is 43.8. The second-order valence-corrected chi connectivity index (χ2v) is 38.2. The average Bonchev–Trinajstić information content (AvgIpc) is 0.674. The fraction of sp³-hybridized carbons (Fsp3) is 0.0625. The molecule has 4 heterocycles. The van der Waals surface area contributed by atoms with Crippen molar-refractivity contribution in [2.24, 2.45) is 0 Å². The molecule has 136 heavy (non-hydrogen) atoms. The van der Waals surface area contributed by atoms with Gasteiger partial charge >= 0.3 is 0 Å². The third-order valence-corrected chi connectivity index (χ3v) is 28.1. The molecule has 0 atom stereocenters. The molecule has 0 unspecified atom stereocenters. The maximum atomic E-state index is 2.75. The van der Waals surface area contributed by atoms with Crippen molar-refractivity contribution in [1.29, 1.82) is 0 Å². The number of hydrogen-bond donors (Lipinski definition) is 0. The standard InChI is InChI=1S/C128H98B2N6/c1-127(2,3)94-77-73-92(74-78-94)107-66-42-67-108(93-75-79-95(80-76-93)128(4,5)6)126(107)136-117-86-116-111(85-112(117)129-109-68-35-38-71-114(109)133(99-59-32-15-33-60-99)118-81-100(82-121(136)122(118)129)131(96-53-26-12-27-54-96)97-55-28-13-29-56-97)130-110-69-36-39-72-115(110)135(125-105(90-49-22-10-23-50-90)64-41-65-106(125)91-51-24-11-25-52-91)120-84-101(83-119(123(120)130)134(116)113-70-37-34-61-102(113)87-43-16-7-17-44-87)132(98-57-30-14-31-58-98)124-103(88-45-18-8-19-46-88)62-40-63-104(124)89-47-20-9-21-48-89/h7-86H,1-6H3. The molecule has 0 saturated heterocycles. The van der Waals surface area contributed by atoms with Gasteiger partial charge in [-0.2, -0.15) is 0 Å². The highest BCUT2D eigenvalue weighted by Gasteiger charge is 2.51. The summed E-state index contributed by atoms with van der Waals surface area (Å²) < 4.78 is 0. The molecule has 0 spiro atoms. The first-order valence-corrected chi connectivity index (χ1v) is 47.5. The van der Waals surface area contributed by atoms with Crippen molar-refractivity contribution in [2.45, 2.75) is 52.4 Å². The number of para-hydroxylation sites is 10. The van der Waals surface area contributed by atoms with E-state index in [1.807, 2.05) is 0 Å². The van der Waals surface area contributed by atoms with Crippen molar-refractivity contribution >= 4 is 149 Å². The van der Waals surface area contributed by atoms with Gasteiger partial charge < -0.3 is 29.4 Å². The lowest BCUT2D eigenvalue weighted by atomic mass is 9.30. The van der Waals surface area contributed by atoms with E-state index in [-0.39, 0.29) is 17.5 Å². The van der Waals surface area contributed by atoms with E-state index >= 15 is 0 Å². The summed E-state index contributed by atoms with van der Waals surface area (Å²) in [6, 6.07) is 183. The molecule has 8 heteroatoms. The van der Waals surface area contributed by atoms with Crippen molar-refractivity contribution in [3.63, 3.8) is 0 Å². The first kappa shape index (κ1) is 82.5. The zero-order chi connectivity index (χ0) is 91.3. The van der Waals surface area contributed by atoms with Gasteiger partial charge in [0, 0.05) is 107 Å². The number of benzene rings is 20. The topological polar surface area (TPSA) is 19.4 Å². The smallest absolute Gasteiger partial charge is 0.252 e. The van der Waals surface area contributed by atoms with Crippen molar-refractivity contribution in [3.8, 4) is 77.9 Å². The van der Waals surface area contributed by atoms with Crippen LogP contribution in [0.2, 0.25) is 0 Å². The van der Waals surface area contributed by atoms with Crippen LogP contribution >= 0.6 is 0 Å². The molecule has 4 aliphatic heterocycles. The van der Waals surface area contributed by atoms with Gasteiger partial charge in [0.15, 0.2) is 0 Å². The molecule has 646 valence electrons. The van der Waals surface area contributed by atoms with Crippen LogP contribution in [-0.4, -0.2) is 13.4 Å². The molecule has 20 aromatic rings. The van der Waals surface area contributed by atoms with Crippen LogP contribution in [0.1, 0.15) is 52.7 Å². The lowest BCUT2D eigenvalue weighted by Crippen LogP contribution is -2.65. The van der Waals surface area contributed by atoms with Gasteiger partial charge in [0.25, 0.3) is 13.4 Å². The minimum Gasteiger partial charge on any atom is -0.311 e. The number of hydrogen-bond acceptors (Lipinski definition) is 6. The first-order valence-electron chi connectivity index (χ1n) is 47.5. The van der Waals surface area contributed by atoms with Gasteiger partial charge in [-0.15, -0.1) is 0 Å². The highest BCUT2D eigenvalue weighted by Crippen LogP contribution is 2.59. The molecule has 0 N–H and O–H groups in total. The predicted octanol–water partition coefficient (Wildman–Crippen LogP) is 31.1. The molecule has 0 bridgehead atoms. The third kappa shape index (κ3) is 14.2. The highest BCUT2D eigenvalue weighted by atomic mass is 15.2. The Morgan fingerprint density at radius 3 is 0.868 bits per heavy atom. The van der Waals surface area contributed by atoms with Crippen LogP contribution in [0.25, 0.3) is 77.9 Å². The zero-order valence-electron chi connectivity index (χ0n) is 77.0. The Morgan fingerprint density at radius 1 is 0.184 bits per heavy atom. The van der Waals surface area contributed by atoms with Gasteiger partial charge in [-0.25, -0.2) is 0 Å². The zero-order valence-corrected chi connectivity index (χ0v) is 77.0. The lowest BCUT2D eigenvalue weighted by molar-refractivity contribution is 0.590. The third-order valence-electron chi connectivity index (χ3n) is 28.1. The molecular weight excluding hydrogens is 1640 g/mol. The van der Waals surface area contributed by atoms with E-state index in [4.69, 9.17) is 0 Å². The second-order valence-electron chi connectivity index (χ2n) is 38.2. The molecule has 6 nitrogen and oxygen atoms in total. The van der Waals surface area contributed by atoms with Gasteiger partial charge in [0.2, 0.25) is 0 Å². The largest absolute Gasteiger partial charge is 0.311 e. The van der Waals surface area contributed by atoms with Crippen molar-refractivity contribution in [3.05, 3.63) is 496 Å². The second kappa shape index (κ2) is 33.9. The summed E-state index contributed by atoms with van der Waals surface area (Å²) in [5, 5.41) is 0. The molecule has 24 rings (SSSR count). The normalized spacial score (nSPS) is 12.7. The van der Waals surface area contributed by atoms with Crippen molar-refractivity contribution < 1.29 is 0 Å². The lowest BCUT2D eigenvalue weighted by Gasteiger charge is -2.48. The van der Waals surface area contributed by atoms with E-state index in [9.17, 15) is 0 Å². The summed E-state index contributed by atoms with van der Waals surface area (Å²) in [5.74, 6) is 0. The first-order chi connectivity index (χ1) is 66.8. The molecule has 0 radical (unpaired) electrons. The fourth-order valence-electron chi connectivity index (χ4n) is 21.8. The quantitative estimate of drug-likeness (QED) is 0.0841. The Morgan fingerprint density at radius 2 is 0.463 bits per heavy atom. The highest BCUT2D eigenvalue weighted by molar-refractivity contribution is 7.03. The van der Waals surface area contributed by atoms with E-state index in [1.54, 1.807) is 0 Å². The molecule has 0 aromatic heterocycles. The Kier molecular flexibility index (Phi) is 20.5. The monoisotopic (exact) mass is 1740 g/mol. The molecule has 0 amide bonds. The Hall–Kier alpha value is -16.7. The van der Waals surface area contributed by atoms with Crippen LogP contribution in [0.4, 0.5) is 102 Å². The SMILES string of the molecule is CC(C)(C)c1ccc(-c2cccc(-c3ccc(C(C)(C)C)cc3)c2N2c3cc4c(cc3B3c5ccccc5N(c5ccccc5)c5cc(N(c6ccccc6)c6ccccc6)cc2c53)B2c3ccccc3N(c3c(-c5ccccc5)cccc3-c3ccccc3)c3cc(N(c5ccccc5)c5c(-c6ccccc6)cccc5-c5ccccc5)cc(c32)N4c2ccccc2-c2ccccc2)cc1. The van der Waals surface area contributed by atoms with Crippen LogP contribution in [0.15, 0.2) is 485 Å². The van der Waals surface area contributed by atoms with Crippen LogP contribution in [0.3, 0.4) is 0 Å². The number of anilines is 18. The van der Waals surface area contributed by atoms with E-state index < -0.39 is 6.71 Å². The van der Waals surface area contributed by atoms with Crippen LogP contribution in [-0.2, 0) is 10.8 Å². The molecule has 4 aliphatic rings. The number of rotatable bonds is 17. The average molecular weight is 1740 g/mol. The molecule has 20 aromatic carbocycles. The summed E-state index contributed by atoms with van der Waals surface area (Å²) in [6.07, 6.45) is 0. The van der Waals surface area contributed by atoms with Gasteiger partial charge in [-0.05, 0) is 191 Å². The summed E-state index contributed by atoms with van der Waals surface area (Å²) in [4.78, 5) is 15.8. The maximum Gasteiger partial charge on any atom is 0.252 e. The maximum absolute atomic E-state index is 2.75. The Bertz CT molecular complexity index is 7680. The Labute approximate surface area is 799 Å². The Balaban J connectivity index is 0.893. The fourth-order valence-corrected chi connectivity index (χ4v) is 21.8. The van der Waals surface area contributed by atoms with Gasteiger partial charge in [-0.3, -0.25) is 0 Å². The number of fused-ring (bicyclic) bond motifs is 8. The van der Waals surface area contributed by atoms with E-state index in [0.29, 0.717) is 0 Å². The van der Waals surface area contributed by atoms with E-state index in [0.717, 1.165) is 180 Å². The summed E-state index contributed by atoms with van der Waals surface area (Å²) in [6.45, 7) is 13.2.